The van der Waals surface area contributed by atoms with Gasteiger partial charge in [-0.1, -0.05) is 71.6 Å². The van der Waals surface area contributed by atoms with Crippen LogP contribution in [-0.2, 0) is 4.79 Å². The first-order chi connectivity index (χ1) is 8.56. The lowest BCUT2D eigenvalue weighted by Gasteiger charge is -2.24. The highest BCUT2D eigenvalue weighted by atomic mass is 16.4. The summed E-state index contributed by atoms with van der Waals surface area (Å²) in [7, 11) is 0. The second kappa shape index (κ2) is 10.4. The van der Waals surface area contributed by atoms with Gasteiger partial charge in [-0.25, -0.2) is 0 Å². The molecule has 0 radical (unpaired) electrons. The Labute approximate surface area is 113 Å². The first-order valence-corrected chi connectivity index (χ1v) is 7.80. The van der Waals surface area contributed by atoms with E-state index in [2.05, 4.69) is 13.8 Å². The fourth-order valence-corrected chi connectivity index (χ4v) is 2.38. The number of hydrogen-bond acceptors (Lipinski definition) is 1. The van der Waals surface area contributed by atoms with Crippen molar-refractivity contribution in [3.63, 3.8) is 0 Å². The molecule has 0 saturated heterocycles. The summed E-state index contributed by atoms with van der Waals surface area (Å²) < 4.78 is 0. The Morgan fingerprint density at radius 1 is 0.833 bits per heavy atom. The molecule has 0 heterocycles. The fraction of sp³-hybridized carbons (Fsp3) is 0.938. The molecule has 108 valence electrons. The van der Waals surface area contributed by atoms with Crippen molar-refractivity contribution in [2.45, 2.75) is 91.4 Å². The van der Waals surface area contributed by atoms with Crippen LogP contribution in [0.25, 0.3) is 0 Å². The van der Waals surface area contributed by atoms with Gasteiger partial charge >= 0.3 is 5.97 Å². The van der Waals surface area contributed by atoms with Gasteiger partial charge < -0.3 is 5.11 Å². The first-order valence-electron chi connectivity index (χ1n) is 7.80. The lowest BCUT2D eigenvalue weighted by atomic mass is 9.80. The van der Waals surface area contributed by atoms with Crippen LogP contribution in [0.2, 0.25) is 0 Å². The predicted octanol–water partition coefficient (Wildman–Crippen LogP) is 5.41. The zero-order valence-corrected chi connectivity index (χ0v) is 12.6. The Bertz CT molecular complexity index is 213. The van der Waals surface area contributed by atoms with Crippen LogP contribution in [0.3, 0.4) is 0 Å². The van der Waals surface area contributed by atoms with Crippen LogP contribution in [0.4, 0.5) is 0 Å². The van der Waals surface area contributed by atoms with Crippen molar-refractivity contribution in [3.05, 3.63) is 0 Å². The minimum Gasteiger partial charge on any atom is -0.481 e. The zero-order valence-electron chi connectivity index (χ0n) is 12.6. The smallest absolute Gasteiger partial charge is 0.309 e. The molecule has 0 aliphatic heterocycles. The molecule has 0 bridgehead atoms. The van der Waals surface area contributed by atoms with Gasteiger partial charge in [0.15, 0.2) is 0 Å². The van der Waals surface area contributed by atoms with E-state index in [1.807, 2.05) is 6.92 Å². The molecule has 1 N–H and O–H groups in total. The normalized spacial score (nSPS) is 14.4. The van der Waals surface area contributed by atoms with E-state index < -0.39 is 11.4 Å². The summed E-state index contributed by atoms with van der Waals surface area (Å²) >= 11 is 0. The van der Waals surface area contributed by atoms with Gasteiger partial charge in [-0.3, -0.25) is 4.79 Å². The maximum atomic E-state index is 11.3. The van der Waals surface area contributed by atoms with Crippen molar-refractivity contribution in [2.24, 2.45) is 5.41 Å². The third-order valence-corrected chi connectivity index (χ3v) is 3.93. The molecule has 0 aromatic heterocycles. The second-order valence-electron chi connectivity index (χ2n) is 5.84. The highest BCUT2D eigenvalue weighted by Gasteiger charge is 2.31. The topological polar surface area (TPSA) is 37.3 Å². The molecule has 0 rings (SSSR count). The first kappa shape index (κ1) is 17.5. The zero-order chi connectivity index (χ0) is 13.9. The molecule has 0 aromatic rings. The molecule has 0 spiro atoms. The minimum absolute atomic E-state index is 0.487. The van der Waals surface area contributed by atoms with Crippen LogP contribution >= 0.6 is 0 Å². The lowest BCUT2D eigenvalue weighted by molar-refractivity contribution is -0.149. The molecule has 2 nitrogen and oxygen atoms in total. The van der Waals surface area contributed by atoms with Crippen molar-refractivity contribution in [3.8, 4) is 0 Å². The van der Waals surface area contributed by atoms with Crippen LogP contribution in [0.15, 0.2) is 0 Å². The molecule has 0 aromatic carbocycles. The highest BCUT2D eigenvalue weighted by molar-refractivity contribution is 5.74. The van der Waals surface area contributed by atoms with E-state index in [9.17, 15) is 9.90 Å². The van der Waals surface area contributed by atoms with E-state index in [-0.39, 0.29) is 0 Å². The van der Waals surface area contributed by atoms with Crippen molar-refractivity contribution in [2.75, 3.05) is 0 Å². The molecular weight excluding hydrogens is 224 g/mol. The molecule has 0 aliphatic rings. The van der Waals surface area contributed by atoms with E-state index in [4.69, 9.17) is 0 Å². The van der Waals surface area contributed by atoms with Gasteiger partial charge in [0.2, 0.25) is 0 Å². The van der Waals surface area contributed by atoms with E-state index >= 15 is 0 Å². The largest absolute Gasteiger partial charge is 0.481 e. The lowest BCUT2D eigenvalue weighted by Crippen LogP contribution is -2.27. The molecule has 0 fully saturated rings. The standard InChI is InChI=1S/C16H32O2/c1-4-6-8-9-10-11-12-14-16(3,15(17)18)13-7-5-2/h4-14H2,1-3H3,(H,17,18). The summed E-state index contributed by atoms with van der Waals surface area (Å²) in [6.07, 6.45) is 12.6. The number of carboxylic acids is 1. The van der Waals surface area contributed by atoms with Gasteiger partial charge in [-0.05, 0) is 19.8 Å². The monoisotopic (exact) mass is 256 g/mol. The molecule has 1 atom stereocenters. The summed E-state index contributed by atoms with van der Waals surface area (Å²) in [5, 5.41) is 9.33. The Morgan fingerprint density at radius 2 is 1.28 bits per heavy atom. The number of carbonyl (C=O) groups is 1. The Balaban J connectivity index is 3.73. The van der Waals surface area contributed by atoms with Gasteiger partial charge in [-0.2, -0.15) is 0 Å². The third-order valence-electron chi connectivity index (χ3n) is 3.93. The molecular formula is C16H32O2. The SMILES string of the molecule is CCCCCCCCCC(C)(CCCC)C(=O)O. The summed E-state index contributed by atoms with van der Waals surface area (Å²) in [4.78, 5) is 11.3. The quantitative estimate of drug-likeness (QED) is 0.474. The van der Waals surface area contributed by atoms with Crippen LogP contribution in [0.5, 0.6) is 0 Å². The number of hydrogen-bond donors (Lipinski definition) is 1. The average molecular weight is 256 g/mol. The summed E-state index contributed by atoms with van der Waals surface area (Å²) in [6, 6.07) is 0. The van der Waals surface area contributed by atoms with E-state index in [0.717, 1.165) is 32.1 Å². The van der Waals surface area contributed by atoms with Crippen molar-refractivity contribution in [1.82, 2.24) is 0 Å². The number of aliphatic carboxylic acids is 1. The van der Waals surface area contributed by atoms with Crippen molar-refractivity contribution >= 4 is 5.97 Å². The second-order valence-corrected chi connectivity index (χ2v) is 5.84. The van der Waals surface area contributed by atoms with Gasteiger partial charge in [0.1, 0.15) is 0 Å². The molecule has 0 saturated carbocycles. The maximum absolute atomic E-state index is 11.3. The van der Waals surface area contributed by atoms with Crippen LogP contribution in [0.1, 0.15) is 91.4 Å². The number of rotatable bonds is 12. The van der Waals surface area contributed by atoms with E-state index in [0.29, 0.717) is 0 Å². The summed E-state index contributed by atoms with van der Waals surface area (Å²) in [5.74, 6) is -0.609. The molecule has 1 unspecified atom stereocenters. The number of unbranched alkanes of at least 4 members (excludes halogenated alkanes) is 7. The van der Waals surface area contributed by atoms with Crippen molar-refractivity contribution < 1.29 is 9.90 Å². The Kier molecular flexibility index (Phi) is 10.1. The predicted molar refractivity (Wildman–Crippen MR) is 77.9 cm³/mol. The highest BCUT2D eigenvalue weighted by Crippen LogP contribution is 2.31. The van der Waals surface area contributed by atoms with Crippen LogP contribution in [0, 0.1) is 5.41 Å². The number of carboxylic acid groups (broad SMARTS) is 1. The molecule has 18 heavy (non-hydrogen) atoms. The van der Waals surface area contributed by atoms with Crippen molar-refractivity contribution in [1.29, 1.82) is 0 Å². The summed E-state index contributed by atoms with van der Waals surface area (Å²) in [6.45, 7) is 6.27. The third kappa shape index (κ3) is 7.73. The van der Waals surface area contributed by atoms with Crippen LogP contribution in [-0.4, -0.2) is 11.1 Å². The average Bonchev–Trinajstić information content (AvgIpc) is 2.35. The Hall–Kier alpha value is -0.530. The van der Waals surface area contributed by atoms with Gasteiger partial charge in [0.05, 0.1) is 5.41 Å². The van der Waals surface area contributed by atoms with E-state index in [1.165, 1.54) is 38.5 Å². The molecule has 2 heteroatoms. The Morgan fingerprint density at radius 3 is 1.78 bits per heavy atom. The molecule has 0 aliphatic carbocycles. The van der Waals surface area contributed by atoms with Gasteiger partial charge in [-0.15, -0.1) is 0 Å². The molecule has 0 amide bonds. The summed E-state index contributed by atoms with van der Waals surface area (Å²) in [5.41, 5.74) is -0.487. The van der Waals surface area contributed by atoms with E-state index in [1.54, 1.807) is 0 Å². The maximum Gasteiger partial charge on any atom is 0.309 e. The van der Waals surface area contributed by atoms with Gasteiger partial charge in [0, 0.05) is 0 Å². The van der Waals surface area contributed by atoms with Crippen LogP contribution < -0.4 is 0 Å². The minimum atomic E-state index is -0.609. The van der Waals surface area contributed by atoms with Gasteiger partial charge in [0.25, 0.3) is 0 Å². The fourth-order valence-electron chi connectivity index (χ4n) is 2.38.